The Morgan fingerprint density at radius 2 is 2.17 bits per heavy atom. The van der Waals surface area contributed by atoms with Crippen LogP contribution in [0.25, 0.3) is 0 Å². The van der Waals surface area contributed by atoms with Gasteiger partial charge in [0.25, 0.3) is 0 Å². The molecule has 0 radical (unpaired) electrons. The Kier molecular flexibility index (Phi) is 1.66. The molecule has 0 spiro atoms. The van der Waals surface area contributed by atoms with Crippen LogP contribution in [0.15, 0.2) is 23.4 Å². The Labute approximate surface area is 69.1 Å². The van der Waals surface area contributed by atoms with E-state index < -0.39 is 0 Å². The number of hydrogen-bond acceptors (Lipinski definition) is 4. The monoisotopic (exact) mass is 165 g/mol. The second kappa shape index (κ2) is 2.81. The smallest absolute Gasteiger partial charge is 0.231 e. The minimum Gasteiger partial charge on any atom is -0.454 e. The van der Waals surface area contributed by atoms with Crippen molar-refractivity contribution in [2.75, 3.05) is 6.79 Å². The van der Waals surface area contributed by atoms with E-state index >= 15 is 0 Å². The molecule has 0 atom stereocenters. The molecule has 0 amide bonds. The van der Waals surface area contributed by atoms with Crippen molar-refractivity contribution < 1.29 is 9.47 Å². The standard InChI is InChI=1S/C8H7NO3/c10-9-4-6-1-2-7-8(3-6)12-5-11-7/h1-3H,4-5H2. The number of nitrogens with zero attached hydrogens (tertiary/aromatic N) is 1. The zero-order valence-corrected chi connectivity index (χ0v) is 6.32. The lowest BCUT2D eigenvalue weighted by Gasteiger charge is -1.96. The molecule has 4 nitrogen and oxygen atoms in total. The van der Waals surface area contributed by atoms with E-state index in [1.165, 1.54) is 0 Å². The molecule has 62 valence electrons. The van der Waals surface area contributed by atoms with Gasteiger partial charge in [0.1, 0.15) is 6.54 Å². The maximum absolute atomic E-state index is 9.95. The highest BCUT2D eigenvalue weighted by Gasteiger charge is 2.12. The summed E-state index contributed by atoms with van der Waals surface area (Å²) in [6, 6.07) is 5.35. The molecule has 0 aliphatic carbocycles. The molecule has 0 N–H and O–H groups in total. The van der Waals surface area contributed by atoms with Gasteiger partial charge in [0.05, 0.1) is 0 Å². The Morgan fingerprint density at radius 3 is 3.00 bits per heavy atom. The molecule has 0 saturated carbocycles. The average molecular weight is 165 g/mol. The molecule has 1 aromatic rings. The van der Waals surface area contributed by atoms with Crippen molar-refractivity contribution in [2.24, 2.45) is 5.18 Å². The van der Waals surface area contributed by atoms with Crippen LogP contribution in [0, 0.1) is 4.91 Å². The van der Waals surface area contributed by atoms with Crippen molar-refractivity contribution in [2.45, 2.75) is 6.54 Å². The summed E-state index contributed by atoms with van der Waals surface area (Å²) in [5, 5.41) is 2.79. The van der Waals surface area contributed by atoms with Gasteiger partial charge in [-0.1, -0.05) is 11.2 Å². The Morgan fingerprint density at radius 1 is 1.33 bits per heavy atom. The summed E-state index contributed by atoms with van der Waals surface area (Å²) in [5.41, 5.74) is 0.842. The number of benzene rings is 1. The van der Waals surface area contributed by atoms with Gasteiger partial charge in [0.2, 0.25) is 6.79 Å². The third-order valence-electron chi connectivity index (χ3n) is 1.68. The molecule has 0 saturated heterocycles. The van der Waals surface area contributed by atoms with Crippen molar-refractivity contribution >= 4 is 0 Å². The summed E-state index contributed by atoms with van der Waals surface area (Å²) in [7, 11) is 0. The highest BCUT2D eigenvalue weighted by Crippen LogP contribution is 2.32. The number of nitroso groups, excluding NO2 is 1. The van der Waals surface area contributed by atoms with Crippen molar-refractivity contribution in [3.8, 4) is 11.5 Å². The predicted octanol–water partition coefficient (Wildman–Crippen LogP) is 1.68. The van der Waals surface area contributed by atoms with E-state index in [1.54, 1.807) is 18.2 Å². The zero-order valence-electron chi connectivity index (χ0n) is 6.32. The van der Waals surface area contributed by atoms with Gasteiger partial charge >= 0.3 is 0 Å². The van der Waals surface area contributed by atoms with Gasteiger partial charge in [-0.3, -0.25) is 0 Å². The first-order chi connectivity index (χ1) is 5.90. The molecule has 4 heteroatoms. The molecule has 0 unspecified atom stereocenters. The van der Waals surface area contributed by atoms with Gasteiger partial charge in [-0.2, -0.15) is 4.91 Å². The normalized spacial score (nSPS) is 13.0. The second-order valence-corrected chi connectivity index (χ2v) is 2.47. The van der Waals surface area contributed by atoms with E-state index in [0.717, 1.165) is 11.3 Å². The topological polar surface area (TPSA) is 47.9 Å². The van der Waals surface area contributed by atoms with Gasteiger partial charge in [-0.15, -0.1) is 0 Å². The van der Waals surface area contributed by atoms with Crippen LogP contribution in [-0.4, -0.2) is 6.79 Å². The maximum atomic E-state index is 9.95. The van der Waals surface area contributed by atoms with E-state index in [9.17, 15) is 4.91 Å². The highest BCUT2D eigenvalue weighted by molar-refractivity contribution is 5.44. The Bertz CT molecular complexity index is 311. The minimum atomic E-state index is 0.177. The van der Waals surface area contributed by atoms with Gasteiger partial charge < -0.3 is 9.47 Å². The summed E-state index contributed by atoms with van der Waals surface area (Å²) in [4.78, 5) is 9.95. The van der Waals surface area contributed by atoms with Crippen LogP contribution in [0.5, 0.6) is 11.5 Å². The predicted molar refractivity (Wildman–Crippen MR) is 42.1 cm³/mol. The van der Waals surface area contributed by atoms with E-state index in [2.05, 4.69) is 5.18 Å². The van der Waals surface area contributed by atoms with E-state index in [0.29, 0.717) is 5.75 Å². The van der Waals surface area contributed by atoms with E-state index in [-0.39, 0.29) is 13.3 Å². The van der Waals surface area contributed by atoms with Crippen LogP contribution in [0.2, 0.25) is 0 Å². The van der Waals surface area contributed by atoms with Gasteiger partial charge in [0, 0.05) is 0 Å². The SMILES string of the molecule is O=NCc1ccc2c(c1)OCO2. The largest absolute Gasteiger partial charge is 0.454 e. The second-order valence-electron chi connectivity index (χ2n) is 2.47. The fourth-order valence-electron chi connectivity index (χ4n) is 1.11. The lowest BCUT2D eigenvalue weighted by Crippen LogP contribution is -1.92. The van der Waals surface area contributed by atoms with Gasteiger partial charge in [0.15, 0.2) is 11.5 Å². The van der Waals surface area contributed by atoms with Crippen LogP contribution in [-0.2, 0) is 6.54 Å². The van der Waals surface area contributed by atoms with E-state index in [1.807, 2.05) is 0 Å². The van der Waals surface area contributed by atoms with Crippen molar-refractivity contribution in [1.82, 2.24) is 0 Å². The first-order valence-corrected chi connectivity index (χ1v) is 3.58. The van der Waals surface area contributed by atoms with Crippen LogP contribution >= 0.6 is 0 Å². The lowest BCUT2D eigenvalue weighted by atomic mass is 10.2. The Hall–Kier alpha value is -1.58. The highest BCUT2D eigenvalue weighted by atomic mass is 16.7. The zero-order chi connectivity index (χ0) is 8.39. The van der Waals surface area contributed by atoms with E-state index in [4.69, 9.17) is 9.47 Å². The number of fused-ring (bicyclic) bond motifs is 1. The number of rotatable bonds is 2. The molecule has 1 heterocycles. The van der Waals surface area contributed by atoms with Crippen LogP contribution in [0.4, 0.5) is 0 Å². The fourth-order valence-corrected chi connectivity index (χ4v) is 1.11. The fraction of sp³-hybridized carbons (Fsp3) is 0.250. The minimum absolute atomic E-state index is 0.177. The molecule has 2 rings (SSSR count). The van der Waals surface area contributed by atoms with Crippen LogP contribution in [0.1, 0.15) is 5.56 Å². The number of ether oxygens (including phenoxy) is 2. The average Bonchev–Trinajstić information content (AvgIpc) is 2.51. The summed E-state index contributed by atoms with van der Waals surface area (Å²) < 4.78 is 10.2. The lowest BCUT2D eigenvalue weighted by molar-refractivity contribution is 0.174. The molecule has 1 aliphatic rings. The van der Waals surface area contributed by atoms with Crippen LogP contribution in [0.3, 0.4) is 0 Å². The summed E-state index contributed by atoms with van der Waals surface area (Å²) in [5.74, 6) is 1.42. The molecular formula is C8H7NO3. The maximum Gasteiger partial charge on any atom is 0.231 e. The first-order valence-electron chi connectivity index (χ1n) is 3.58. The number of hydrogen-bond donors (Lipinski definition) is 0. The summed E-state index contributed by atoms with van der Waals surface area (Å²) in [6.07, 6.45) is 0. The molecule has 0 aromatic heterocycles. The molecule has 1 aliphatic heterocycles. The van der Waals surface area contributed by atoms with Gasteiger partial charge in [-0.25, -0.2) is 0 Å². The molecular weight excluding hydrogens is 158 g/mol. The third-order valence-corrected chi connectivity index (χ3v) is 1.68. The molecule has 0 bridgehead atoms. The van der Waals surface area contributed by atoms with Crippen LogP contribution < -0.4 is 9.47 Å². The molecule has 12 heavy (non-hydrogen) atoms. The first kappa shape index (κ1) is 7.09. The van der Waals surface area contributed by atoms with Crippen molar-refractivity contribution in [3.05, 3.63) is 28.7 Å². The third kappa shape index (κ3) is 1.11. The van der Waals surface area contributed by atoms with Crippen molar-refractivity contribution in [3.63, 3.8) is 0 Å². The van der Waals surface area contributed by atoms with Crippen molar-refractivity contribution in [1.29, 1.82) is 0 Å². The summed E-state index contributed by atoms with van der Waals surface area (Å²) >= 11 is 0. The quantitative estimate of drug-likeness (QED) is 0.626. The Balaban J connectivity index is 2.32. The molecule has 0 fully saturated rings. The molecule has 1 aromatic carbocycles. The van der Waals surface area contributed by atoms with Gasteiger partial charge in [-0.05, 0) is 17.7 Å². The summed E-state index contributed by atoms with van der Waals surface area (Å²) in [6.45, 7) is 0.434.